The minimum Gasteiger partial charge on any atom is -0.394 e. The van der Waals surface area contributed by atoms with Crippen LogP contribution in [0.15, 0.2) is 60.7 Å². The van der Waals surface area contributed by atoms with Crippen molar-refractivity contribution in [3.63, 3.8) is 0 Å². The van der Waals surface area contributed by atoms with Gasteiger partial charge in [0, 0.05) is 28.6 Å². The van der Waals surface area contributed by atoms with E-state index in [1.165, 1.54) is 42.2 Å². The monoisotopic (exact) mass is 615 g/mol. The number of nitriles is 1. The fourth-order valence-electron chi connectivity index (χ4n) is 5.84. The summed E-state index contributed by atoms with van der Waals surface area (Å²) in [5, 5.41) is 32.3. The summed E-state index contributed by atoms with van der Waals surface area (Å²) in [5.41, 5.74) is -1.46. The number of carbonyl (C=O) groups is 2. The zero-order valence-electron chi connectivity index (χ0n) is 22.8. The highest BCUT2D eigenvalue weighted by Crippen LogP contribution is 2.54. The molecule has 5 atom stereocenters. The minimum absolute atomic E-state index is 0.0123. The van der Waals surface area contributed by atoms with Crippen molar-refractivity contribution in [1.29, 1.82) is 5.26 Å². The summed E-state index contributed by atoms with van der Waals surface area (Å²) < 4.78 is 31.6. The van der Waals surface area contributed by atoms with Crippen molar-refractivity contribution in [2.24, 2.45) is 0 Å². The lowest BCUT2D eigenvalue weighted by Crippen LogP contribution is -2.50. The lowest BCUT2D eigenvalue weighted by atomic mass is 9.65. The molecule has 3 aromatic carbocycles. The van der Waals surface area contributed by atoms with Gasteiger partial charge in [0.2, 0.25) is 5.91 Å². The molecule has 1 unspecified atom stereocenters. The van der Waals surface area contributed by atoms with Gasteiger partial charge >= 0.3 is 0 Å². The summed E-state index contributed by atoms with van der Waals surface area (Å²) in [6.45, 7) is 2.60. The Labute approximate surface area is 252 Å². The number of hydrogen-bond acceptors (Lipinski definition) is 5. The summed E-state index contributed by atoms with van der Waals surface area (Å²) in [4.78, 5) is 29.5. The molecule has 3 N–H and O–H groups in total. The minimum atomic E-state index is -1.98. The molecule has 1 aliphatic rings. The van der Waals surface area contributed by atoms with Gasteiger partial charge in [-0.05, 0) is 55.7 Å². The number of likely N-dealkylation sites (tertiary alicyclic amines) is 1. The number of hydrogen-bond donors (Lipinski definition) is 3. The van der Waals surface area contributed by atoms with Gasteiger partial charge in [0.15, 0.2) is 0 Å². The highest BCUT2D eigenvalue weighted by molar-refractivity contribution is 6.31. The SMILES string of the molecule is Cc1ccccc1C(=O)N1[C@@H](C)[C@](C#N)(c2ccc(Cl)cc2F)[C@@H](c2cccc(Cl)c2F)[C@@H]1C(=O)NCCC(O)CO. The number of aliphatic hydroxyl groups is 2. The number of benzene rings is 3. The van der Waals surface area contributed by atoms with Gasteiger partial charge in [0.25, 0.3) is 5.91 Å². The van der Waals surface area contributed by atoms with E-state index in [0.29, 0.717) is 5.56 Å². The maximum atomic E-state index is 15.8. The smallest absolute Gasteiger partial charge is 0.255 e. The van der Waals surface area contributed by atoms with Gasteiger partial charge in [-0.3, -0.25) is 9.59 Å². The summed E-state index contributed by atoms with van der Waals surface area (Å²) >= 11 is 12.2. The van der Waals surface area contributed by atoms with Crippen LogP contribution in [0, 0.1) is 29.9 Å². The summed E-state index contributed by atoms with van der Waals surface area (Å²) in [6, 6.07) is 14.0. The number of nitrogens with zero attached hydrogens (tertiary/aromatic N) is 2. The van der Waals surface area contributed by atoms with Crippen molar-refractivity contribution in [3.05, 3.63) is 105 Å². The third kappa shape index (κ3) is 5.48. The molecule has 0 saturated carbocycles. The van der Waals surface area contributed by atoms with Crippen LogP contribution in [0.1, 0.15) is 46.3 Å². The molecule has 2 amide bonds. The maximum Gasteiger partial charge on any atom is 0.255 e. The van der Waals surface area contributed by atoms with Gasteiger partial charge in [-0.1, -0.05) is 59.6 Å². The predicted molar refractivity (Wildman–Crippen MR) is 154 cm³/mol. The first-order valence-corrected chi connectivity index (χ1v) is 14.0. The number of rotatable bonds is 8. The molecule has 1 aliphatic heterocycles. The molecule has 1 saturated heterocycles. The average molecular weight is 616 g/mol. The molecule has 7 nitrogen and oxygen atoms in total. The third-order valence-corrected chi connectivity index (χ3v) is 8.45. The number of carbonyl (C=O) groups excluding carboxylic acids is 2. The highest BCUT2D eigenvalue weighted by Gasteiger charge is 2.64. The second kappa shape index (κ2) is 12.8. The number of aryl methyl sites for hydroxylation is 1. The standard InChI is InChI=1S/C31H29Cl2F2N3O4/c1-17-6-3-4-7-21(17)30(42)38-18(2)31(16-36,23-11-10-19(32)14-25(23)34)26(22-8-5-9-24(33)27(22)35)28(38)29(41)37-13-12-20(40)15-39/h3-11,14,18,20,26,28,39-40H,12-13,15H2,1-2H3,(H,37,41)/t18-,20?,26-,28+,31+/m0/s1. The molecular formula is C31H29Cl2F2N3O4. The van der Waals surface area contributed by atoms with Crippen molar-refractivity contribution < 1.29 is 28.6 Å². The van der Waals surface area contributed by atoms with Crippen molar-refractivity contribution in [2.45, 2.75) is 49.8 Å². The normalized spacial score (nSPS) is 22.5. The quantitative estimate of drug-likeness (QED) is 0.334. The Balaban J connectivity index is 2.01. The maximum absolute atomic E-state index is 15.8. The molecule has 4 rings (SSSR count). The Morgan fingerprint density at radius 1 is 1.14 bits per heavy atom. The van der Waals surface area contributed by atoms with Crippen LogP contribution >= 0.6 is 23.2 Å². The Hall–Kier alpha value is -3.55. The topological polar surface area (TPSA) is 114 Å². The van der Waals surface area contributed by atoms with Crippen LogP contribution in [-0.4, -0.2) is 58.3 Å². The van der Waals surface area contributed by atoms with Crippen molar-refractivity contribution in [3.8, 4) is 6.07 Å². The van der Waals surface area contributed by atoms with Gasteiger partial charge in [-0.2, -0.15) is 5.26 Å². The molecule has 1 heterocycles. The first kappa shape index (κ1) is 31.4. The van der Waals surface area contributed by atoms with Crippen LogP contribution in [0.25, 0.3) is 0 Å². The zero-order chi connectivity index (χ0) is 30.8. The van der Waals surface area contributed by atoms with Crippen LogP contribution in [0.2, 0.25) is 10.0 Å². The van der Waals surface area contributed by atoms with E-state index in [1.807, 2.05) is 0 Å². The van der Waals surface area contributed by atoms with Crippen molar-refractivity contribution in [1.82, 2.24) is 10.2 Å². The van der Waals surface area contributed by atoms with E-state index in [4.69, 9.17) is 23.2 Å². The second-order valence-electron chi connectivity index (χ2n) is 10.3. The fraction of sp³-hybridized carbons (Fsp3) is 0.323. The van der Waals surface area contributed by atoms with Gasteiger partial charge in [0.1, 0.15) is 23.1 Å². The highest BCUT2D eigenvalue weighted by atomic mass is 35.5. The fourth-order valence-corrected chi connectivity index (χ4v) is 6.18. The molecule has 0 spiro atoms. The average Bonchev–Trinajstić information content (AvgIpc) is 3.22. The summed E-state index contributed by atoms with van der Waals surface area (Å²) in [7, 11) is 0. The van der Waals surface area contributed by atoms with E-state index in [0.717, 1.165) is 6.07 Å². The van der Waals surface area contributed by atoms with Gasteiger partial charge in [-0.15, -0.1) is 0 Å². The molecule has 0 bridgehead atoms. The molecular weight excluding hydrogens is 587 g/mol. The lowest BCUT2D eigenvalue weighted by Gasteiger charge is -2.34. The van der Waals surface area contributed by atoms with E-state index in [1.54, 1.807) is 31.2 Å². The zero-order valence-corrected chi connectivity index (χ0v) is 24.3. The molecule has 0 aromatic heterocycles. The molecule has 0 radical (unpaired) electrons. The van der Waals surface area contributed by atoms with E-state index in [2.05, 4.69) is 11.4 Å². The van der Waals surface area contributed by atoms with Crippen molar-refractivity contribution >= 4 is 35.0 Å². The van der Waals surface area contributed by atoms with Crippen molar-refractivity contribution in [2.75, 3.05) is 13.2 Å². The molecule has 220 valence electrons. The van der Waals surface area contributed by atoms with E-state index in [-0.39, 0.29) is 39.7 Å². The largest absolute Gasteiger partial charge is 0.394 e. The summed E-state index contributed by atoms with van der Waals surface area (Å²) in [6.07, 6.45) is -1.12. The van der Waals surface area contributed by atoms with Gasteiger partial charge in [0.05, 0.1) is 29.8 Å². The molecule has 42 heavy (non-hydrogen) atoms. The second-order valence-corrected chi connectivity index (χ2v) is 11.1. The van der Waals surface area contributed by atoms with E-state index in [9.17, 15) is 25.1 Å². The third-order valence-electron chi connectivity index (χ3n) is 7.93. The number of amides is 2. The van der Waals surface area contributed by atoms with E-state index >= 15 is 8.78 Å². The molecule has 0 aliphatic carbocycles. The lowest BCUT2D eigenvalue weighted by molar-refractivity contribution is -0.125. The Bertz CT molecular complexity index is 1550. The van der Waals surface area contributed by atoms with Gasteiger partial charge in [-0.25, -0.2) is 8.78 Å². The molecule has 3 aromatic rings. The number of nitrogens with one attached hydrogen (secondary N) is 1. The molecule has 1 fully saturated rings. The number of halogens is 4. The first-order valence-electron chi connectivity index (χ1n) is 13.2. The summed E-state index contributed by atoms with van der Waals surface area (Å²) in [5.74, 6) is -4.58. The first-order chi connectivity index (χ1) is 20.0. The van der Waals surface area contributed by atoms with Crippen LogP contribution in [0.5, 0.6) is 0 Å². The van der Waals surface area contributed by atoms with Gasteiger partial charge < -0.3 is 20.4 Å². The predicted octanol–water partition coefficient (Wildman–Crippen LogP) is 4.90. The van der Waals surface area contributed by atoms with Crippen LogP contribution in [0.4, 0.5) is 8.78 Å². The van der Waals surface area contributed by atoms with Crippen LogP contribution < -0.4 is 5.32 Å². The number of aliphatic hydroxyl groups excluding tert-OH is 2. The van der Waals surface area contributed by atoms with Crippen LogP contribution in [0.3, 0.4) is 0 Å². The van der Waals surface area contributed by atoms with Crippen LogP contribution in [-0.2, 0) is 10.2 Å². The Kier molecular flexibility index (Phi) is 9.53. The van der Waals surface area contributed by atoms with E-state index < -0.39 is 59.6 Å². The Morgan fingerprint density at radius 2 is 1.86 bits per heavy atom. The Morgan fingerprint density at radius 3 is 2.50 bits per heavy atom. The molecule has 11 heteroatoms.